The number of rotatable bonds is 5. The lowest BCUT2D eigenvalue weighted by Gasteiger charge is -2.13. The highest BCUT2D eigenvalue weighted by Crippen LogP contribution is 2.18. The first-order valence-electron chi connectivity index (χ1n) is 6.24. The molecular formula is C14H16N4O2. The summed E-state index contributed by atoms with van der Waals surface area (Å²) in [7, 11) is 0. The molecule has 0 radical (unpaired) electrons. The van der Waals surface area contributed by atoms with Crippen molar-refractivity contribution in [3.05, 3.63) is 63.8 Å². The first-order valence-corrected chi connectivity index (χ1v) is 6.24. The van der Waals surface area contributed by atoms with Crippen LogP contribution in [0.15, 0.2) is 42.5 Å². The molecule has 1 heterocycles. The summed E-state index contributed by atoms with van der Waals surface area (Å²) in [4.78, 5) is 14.4. The van der Waals surface area contributed by atoms with E-state index in [1.54, 1.807) is 13.0 Å². The van der Waals surface area contributed by atoms with Crippen molar-refractivity contribution in [1.82, 2.24) is 4.98 Å². The molecule has 1 unspecified atom stereocenters. The number of pyridine rings is 1. The first-order chi connectivity index (χ1) is 9.58. The van der Waals surface area contributed by atoms with E-state index in [4.69, 9.17) is 5.73 Å². The van der Waals surface area contributed by atoms with Crippen molar-refractivity contribution in [3.63, 3.8) is 0 Å². The second kappa shape index (κ2) is 6.12. The van der Waals surface area contributed by atoms with Crippen LogP contribution in [0.1, 0.15) is 17.3 Å². The van der Waals surface area contributed by atoms with Crippen LogP contribution in [0.3, 0.4) is 0 Å². The molecule has 0 spiro atoms. The highest BCUT2D eigenvalue weighted by Gasteiger charge is 2.12. The van der Waals surface area contributed by atoms with Crippen LogP contribution in [0, 0.1) is 17.0 Å². The first kappa shape index (κ1) is 14.0. The fourth-order valence-corrected chi connectivity index (χ4v) is 1.88. The molecule has 6 heteroatoms. The Morgan fingerprint density at radius 2 is 2.00 bits per heavy atom. The largest absolute Gasteiger partial charge is 0.368 e. The summed E-state index contributed by atoms with van der Waals surface area (Å²) in [5, 5.41) is 13.8. The Morgan fingerprint density at radius 1 is 1.30 bits per heavy atom. The number of nitro groups is 1. The van der Waals surface area contributed by atoms with E-state index < -0.39 is 4.92 Å². The van der Waals surface area contributed by atoms with Gasteiger partial charge in [-0.15, -0.1) is 0 Å². The van der Waals surface area contributed by atoms with E-state index in [2.05, 4.69) is 10.3 Å². The van der Waals surface area contributed by atoms with Crippen molar-refractivity contribution in [2.75, 3.05) is 11.9 Å². The molecule has 0 bridgehead atoms. The van der Waals surface area contributed by atoms with E-state index in [1.165, 1.54) is 6.07 Å². The highest BCUT2D eigenvalue weighted by molar-refractivity contribution is 5.45. The highest BCUT2D eigenvalue weighted by atomic mass is 16.6. The third-order valence-electron chi connectivity index (χ3n) is 2.99. The van der Waals surface area contributed by atoms with Gasteiger partial charge < -0.3 is 11.1 Å². The maximum absolute atomic E-state index is 10.7. The lowest BCUT2D eigenvalue weighted by Crippen LogP contribution is -2.21. The standard InChI is InChI=1S/C14H16N4O2/c1-10-13(18(19)20)7-8-14(17-10)16-9-12(15)11-5-3-2-4-6-11/h2-8,12H,9,15H2,1H3,(H,16,17). The molecule has 0 aliphatic heterocycles. The molecular weight excluding hydrogens is 256 g/mol. The second-order valence-electron chi connectivity index (χ2n) is 4.46. The summed E-state index contributed by atoms with van der Waals surface area (Å²) in [6.45, 7) is 2.12. The molecule has 3 N–H and O–H groups in total. The fraction of sp³-hybridized carbons (Fsp3) is 0.214. The average Bonchev–Trinajstić information content (AvgIpc) is 2.45. The Morgan fingerprint density at radius 3 is 2.60 bits per heavy atom. The molecule has 0 aliphatic rings. The lowest BCUT2D eigenvalue weighted by atomic mass is 10.1. The number of hydrogen-bond acceptors (Lipinski definition) is 5. The van der Waals surface area contributed by atoms with Gasteiger partial charge in [0, 0.05) is 18.7 Å². The van der Waals surface area contributed by atoms with Gasteiger partial charge in [0.2, 0.25) is 0 Å². The minimum Gasteiger partial charge on any atom is -0.368 e. The smallest absolute Gasteiger partial charge is 0.290 e. The van der Waals surface area contributed by atoms with Crippen molar-refractivity contribution >= 4 is 11.5 Å². The fourth-order valence-electron chi connectivity index (χ4n) is 1.88. The topological polar surface area (TPSA) is 94.1 Å². The quantitative estimate of drug-likeness (QED) is 0.644. The van der Waals surface area contributed by atoms with E-state index in [0.717, 1.165) is 5.56 Å². The normalized spacial score (nSPS) is 11.9. The third kappa shape index (κ3) is 3.30. The lowest BCUT2D eigenvalue weighted by molar-refractivity contribution is -0.385. The van der Waals surface area contributed by atoms with Crippen molar-refractivity contribution in [2.24, 2.45) is 5.73 Å². The van der Waals surface area contributed by atoms with Gasteiger partial charge in [-0.2, -0.15) is 0 Å². The Labute approximate surface area is 116 Å². The number of aromatic nitrogens is 1. The minimum atomic E-state index is -0.443. The van der Waals surface area contributed by atoms with Gasteiger partial charge in [-0.3, -0.25) is 10.1 Å². The number of anilines is 1. The molecule has 1 aromatic heterocycles. The molecule has 0 fully saturated rings. The van der Waals surface area contributed by atoms with Crippen molar-refractivity contribution in [1.29, 1.82) is 0 Å². The minimum absolute atomic E-state index is 0.0166. The Kier molecular flexibility index (Phi) is 4.27. The van der Waals surface area contributed by atoms with Gasteiger partial charge in [-0.05, 0) is 18.6 Å². The molecule has 0 amide bonds. The number of benzene rings is 1. The van der Waals surface area contributed by atoms with Gasteiger partial charge in [-0.1, -0.05) is 30.3 Å². The zero-order valence-electron chi connectivity index (χ0n) is 11.1. The van der Waals surface area contributed by atoms with Crippen LogP contribution in [-0.2, 0) is 0 Å². The zero-order valence-corrected chi connectivity index (χ0v) is 11.1. The van der Waals surface area contributed by atoms with Gasteiger partial charge in [0.05, 0.1) is 4.92 Å². The van der Waals surface area contributed by atoms with E-state index in [1.807, 2.05) is 30.3 Å². The number of nitrogens with two attached hydrogens (primary N) is 1. The summed E-state index contributed by atoms with van der Waals surface area (Å²) in [5.74, 6) is 0.583. The number of nitrogens with one attached hydrogen (secondary N) is 1. The summed E-state index contributed by atoms with van der Waals surface area (Å²) in [6.07, 6.45) is 0. The number of aryl methyl sites for hydroxylation is 1. The summed E-state index contributed by atoms with van der Waals surface area (Å²) < 4.78 is 0. The van der Waals surface area contributed by atoms with Crippen molar-refractivity contribution < 1.29 is 4.92 Å². The van der Waals surface area contributed by atoms with Crippen LogP contribution in [0.5, 0.6) is 0 Å². The summed E-state index contributed by atoms with van der Waals surface area (Å²) in [6, 6.07) is 12.6. The van der Waals surface area contributed by atoms with E-state index in [0.29, 0.717) is 18.1 Å². The average molecular weight is 272 g/mol. The van der Waals surface area contributed by atoms with Gasteiger partial charge in [-0.25, -0.2) is 4.98 Å². The SMILES string of the molecule is Cc1nc(NCC(N)c2ccccc2)ccc1[N+](=O)[O-]. The predicted octanol–water partition coefficient (Wildman–Crippen LogP) is 2.41. The van der Waals surface area contributed by atoms with Crippen LogP contribution in [0.2, 0.25) is 0 Å². The summed E-state index contributed by atoms with van der Waals surface area (Å²) in [5.41, 5.74) is 7.49. The summed E-state index contributed by atoms with van der Waals surface area (Å²) >= 11 is 0. The monoisotopic (exact) mass is 272 g/mol. The van der Waals surface area contributed by atoms with Crippen LogP contribution in [0.4, 0.5) is 11.5 Å². The molecule has 1 aromatic carbocycles. The van der Waals surface area contributed by atoms with E-state index in [-0.39, 0.29) is 11.7 Å². The maximum Gasteiger partial charge on any atom is 0.290 e. The molecule has 1 atom stereocenters. The maximum atomic E-state index is 10.7. The Hall–Kier alpha value is -2.47. The van der Waals surface area contributed by atoms with E-state index in [9.17, 15) is 10.1 Å². The molecule has 0 aliphatic carbocycles. The second-order valence-corrected chi connectivity index (χ2v) is 4.46. The molecule has 2 aromatic rings. The Bertz CT molecular complexity index is 601. The van der Waals surface area contributed by atoms with Crippen LogP contribution < -0.4 is 11.1 Å². The number of nitrogens with zero attached hydrogens (tertiary/aromatic N) is 2. The molecule has 6 nitrogen and oxygen atoms in total. The van der Waals surface area contributed by atoms with Crippen LogP contribution in [0.25, 0.3) is 0 Å². The van der Waals surface area contributed by atoms with Gasteiger partial charge in [0.15, 0.2) is 0 Å². The predicted molar refractivity (Wildman–Crippen MR) is 77.5 cm³/mol. The molecule has 0 saturated carbocycles. The van der Waals surface area contributed by atoms with E-state index >= 15 is 0 Å². The Balaban J connectivity index is 2.01. The molecule has 0 saturated heterocycles. The number of hydrogen-bond donors (Lipinski definition) is 2. The van der Waals surface area contributed by atoms with Gasteiger partial charge >= 0.3 is 0 Å². The molecule has 20 heavy (non-hydrogen) atoms. The van der Waals surface area contributed by atoms with Crippen LogP contribution >= 0.6 is 0 Å². The van der Waals surface area contributed by atoms with Gasteiger partial charge in [0.25, 0.3) is 5.69 Å². The molecule has 104 valence electrons. The zero-order chi connectivity index (χ0) is 14.5. The van der Waals surface area contributed by atoms with Crippen molar-refractivity contribution in [3.8, 4) is 0 Å². The van der Waals surface area contributed by atoms with Gasteiger partial charge in [0.1, 0.15) is 11.5 Å². The van der Waals surface area contributed by atoms with Crippen molar-refractivity contribution in [2.45, 2.75) is 13.0 Å². The third-order valence-corrected chi connectivity index (χ3v) is 2.99. The molecule has 2 rings (SSSR count). The van der Waals surface area contributed by atoms with Crippen LogP contribution in [-0.4, -0.2) is 16.5 Å².